The Morgan fingerprint density at radius 1 is 1.30 bits per heavy atom. The van der Waals surface area contributed by atoms with Gasteiger partial charge < -0.3 is 9.64 Å². The zero-order chi connectivity index (χ0) is 14.8. The standard InChI is InChI=1S/C14H14F3NO2/c1-2-10-9-11(3-4-12(10)14(15,16)17)13(19)18-5-7-20-8-6-18/h2-4,9H,1,5-8H2. The van der Waals surface area contributed by atoms with E-state index in [4.69, 9.17) is 4.74 Å². The van der Waals surface area contributed by atoms with Crippen molar-refractivity contribution in [2.75, 3.05) is 26.3 Å². The average Bonchev–Trinajstić information content (AvgIpc) is 2.45. The normalized spacial score (nSPS) is 16.1. The molecule has 6 heteroatoms. The molecule has 1 saturated heterocycles. The highest BCUT2D eigenvalue weighted by molar-refractivity contribution is 5.95. The maximum atomic E-state index is 12.8. The van der Waals surface area contributed by atoms with Crippen LogP contribution in [0.2, 0.25) is 0 Å². The lowest BCUT2D eigenvalue weighted by Crippen LogP contribution is -2.40. The van der Waals surface area contributed by atoms with Crippen LogP contribution >= 0.6 is 0 Å². The Morgan fingerprint density at radius 2 is 1.95 bits per heavy atom. The second-order valence-corrected chi connectivity index (χ2v) is 4.41. The van der Waals surface area contributed by atoms with Gasteiger partial charge in [0.1, 0.15) is 0 Å². The van der Waals surface area contributed by atoms with Crippen molar-refractivity contribution in [2.45, 2.75) is 6.18 Å². The number of carbonyl (C=O) groups is 1. The third-order valence-corrected chi connectivity index (χ3v) is 3.12. The fraction of sp³-hybridized carbons (Fsp3) is 0.357. The Kier molecular flexibility index (Phi) is 4.13. The number of hydrogen-bond donors (Lipinski definition) is 0. The number of halogens is 3. The van der Waals surface area contributed by atoms with Crippen LogP contribution < -0.4 is 0 Å². The van der Waals surface area contributed by atoms with Gasteiger partial charge in [0.25, 0.3) is 5.91 Å². The molecule has 1 aliphatic rings. The first kappa shape index (κ1) is 14.6. The summed E-state index contributed by atoms with van der Waals surface area (Å²) in [5, 5.41) is 0. The predicted octanol–water partition coefficient (Wildman–Crippen LogP) is 2.82. The number of hydrogen-bond acceptors (Lipinski definition) is 2. The first-order chi connectivity index (χ1) is 9.43. The van der Waals surface area contributed by atoms with E-state index in [1.807, 2.05) is 0 Å². The van der Waals surface area contributed by atoms with Crippen LogP contribution in [0.25, 0.3) is 6.08 Å². The van der Waals surface area contributed by atoms with Crippen LogP contribution in [0.4, 0.5) is 13.2 Å². The molecule has 1 aromatic carbocycles. The van der Waals surface area contributed by atoms with Gasteiger partial charge in [-0.15, -0.1) is 0 Å². The Bertz CT molecular complexity index is 520. The molecule has 0 aliphatic carbocycles. The zero-order valence-electron chi connectivity index (χ0n) is 10.7. The summed E-state index contributed by atoms with van der Waals surface area (Å²) in [6.07, 6.45) is -3.34. The Labute approximate surface area is 114 Å². The fourth-order valence-electron chi connectivity index (χ4n) is 2.07. The van der Waals surface area contributed by atoms with Gasteiger partial charge in [-0.25, -0.2) is 0 Å². The van der Waals surface area contributed by atoms with Crippen molar-refractivity contribution < 1.29 is 22.7 Å². The number of benzene rings is 1. The van der Waals surface area contributed by atoms with Crippen molar-refractivity contribution >= 4 is 12.0 Å². The van der Waals surface area contributed by atoms with E-state index in [9.17, 15) is 18.0 Å². The predicted molar refractivity (Wildman–Crippen MR) is 68.3 cm³/mol. The minimum absolute atomic E-state index is 0.0865. The van der Waals surface area contributed by atoms with E-state index in [1.165, 1.54) is 12.1 Å². The van der Waals surface area contributed by atoms with Gasteiger partial charge in [0.2, 0.25) is 0 Å². The molecule has 1 fully saturated rings. The molecule has 0 N–H and O–H groups in total. The Balaban J connectivity index is 2.29. The van der Waals surface area contributed by atoms with E-state index >= 15 is 0 Å². The summed E-state index contributed by atoms with van der Waals surface area (Å²) in [6, 6.07) is 3.35. The van der Waals surface area contributed by atoms with Crippen LogP contribution in [-0.4, -0.2) is 37.1 Å². The second-order valence-electron chi connectivity index (χ2n) is 4.41. The molecule has 2 rings (SSSR count). The van der Waals surface area contributed by atoms with Gasteiger partial charge in [-0.2, -0.15) is 13.2 Å². The molecule has 0 aromatic heterocycles. The van der Waals surface area contributed by atoms with Crippen molar-refractivity contribution in [3.05, 3.63) is 41.5 Å². The Hall–Kier alpha value is -1.82. The van der Waals surface area contributed by atoms with Crippen LogP contribution in [-0.2, 0) is 10.9 Å². The molecule has 0 saturated carbocycles. The average molecular weight is 285 g/mol. The molecular weight excluding hydrogens is 271 g/mol. The summed E-state index contributed by atoms with van der Waals surface area (Å²) >= 11 is 0. The lowest BCUT2D eigenvalue weighted by Gasteiger charge is -2.27. The monoisotopic (exact) mass is 285 g/mol. The van der Waals surface area contributed by atoms with E-state index < -0.39 is 11.7 Å². The van der Waals surface area contributed by atoms with Crippen LogP contribution in [0.3, 0.4) is 0 Å². The number of carbonyl (C=O) groups excluding carboxylic acids is 1. The molecular formula is C14H14F3NO2. The summed E-state index contributed by atoms with van der Waals surface area (Å²) in [5.74, 6) is -0.287. The van der Waals surface area contributed by atoms with Crippen molar-refractivity contribution in [1.82, 2.24) is 4.90 Å². The number of rotatable bonds is 2. The highest BCUT2D eigenvalue weighted by Gasteiger charge is 2.33. The number of morpholine rings is 1. The summed E-state index contributed by atoms with van der Waals surface area (Å²) < 4.78 is 43.4. The minimum atomic E-state index is -4.45. The first-order valence-electron chi connectivity index (χ1n) is 6.14. The van der Waals surface area contributed by atoms with E-state index in [0.717, 1.165) is 12.1 Å². The highest BCUT2D eigenvalue weighted by atomic mass is 19.4. The van der Waals surface area contributed by atoms with Gasteiger partial charge in [0.05, 0.1) is 18.8 Å². The SMILES string of the molecule is C=Cc1cc(C(=O)N2CCOCC2)ccc1C(F)(F)F. The maximum absolute atomic E-state index is 12.8. The van der Waals surface area contributed by atoms with Crippen LogP contribution in [0, 0.1) is 0 Å². The molecule has 0 bridgehead atoms. The van der Waals surface area contributed by atoms with Crippen LogP contribution in [0.15, 0.2) is 24.8 Å². The third-order valence-electron chi connectivity index (χ3n) is 3.12. The molecule has 0 spiro atoms. The molecule has 108 valence electrons. The smallest absolute Gasteiger partial charge is 0.378 e. The quantitative estimate of drug-likeness (QED) is 0.836. The summed E-state index contributed by atoms with van der Waals surface area (Å²) in [5.41, 5.74) is -0.641. The first-order valence-corrected chi connectivity index (χ1v) is 6.14. The zero-order valence-corrected chi connectivity index (χ0v) is 10.7. The molecule has 0 radical (unpaired) electrons. The fourth-order valence-corrected chi connectivity index (χ4v) is 2.07. The molecule has 1 heterocycles. The van der Waals surface area contributed by atoms with Gasteiger partial charge in [0.15, 0.2) is 0 Å². The molecule has 20 heavy (non-hydrogen) atoms. The number of ether oxygens (including phenoxy) is 1. The van der Waals surface area contributed by atoms with Crippen molar-refractivity contribution in [1.29, 1.82) is 0 Å². The second kappa shape index (κ2) is 5.66. The summed E-state index contributed by atoms with van der Waals surface area (Å²) in [7, 11) is 0. The van der Waals surface area contributed by atoms with E-state index in [2.05, 4.69) is 6.58 Å². The van der Waals surface area contributed by atoms with Crippen molar-refractivity contribution in [3.8, 4) is 0 Å². The molecule has 0 atom stereocenters. The van der Waals surface area contributed by atoms with E-state index in [-0.39, 0.29) is 17.0 Å². The number of alkyl halides is 3. The topological polar surface area (TPSA) is 29.5 Å². The van der Waals surface area contributed by atoms with Gasteiger partial charge >= 0.3 is 6.18 Å². The van der Waals surface area contributed by atoms with Crippen LogP contribution in [0.1, 0.15) is 21.5 Å². The van der Waals surface area contributed by atoms with Crippen molar-refractivity contribution in [2.24, 2.45) is 0 Å². The summed E-state index contributed by atoms with van der Waals surface area (Å²) in [6.45, 7) is 5.16. The van der Waals surface area contributed by atoms with Gasteiger partial charge in [-0.05, 0) is 23.8 Å². The lowest BCUT2D eigenvalue weighted by atomic mass is 10.0. The minimum Gasteiger partial charge on any atom is -0.378 e. The number of nitrogens with zero attached hydrogens (tertiary/aromatic N) is 1. The molecule has 1 amide bonds. The van der Waals surface area contributed by atoms with E-state index in [1.54, 1.807) is 4.90 Å². The molecule has 1 aromatic rings. The van der Waals surface area contributed by atoms with Gasteiger partial charge in [-0.1, -0.05) is 12.7 Å². The van der Waals surface area contributed by atoms with Gasteiger partial charge in [-0.3, -0.25) is 4.79 Å². The van der Waals surface area contributed by atoms with E-state index in [0.29, 0.717) is 26.3 Å². The largest absolute Gasteiger partial charge is 0.416 e. The molecule has 0 unspecified atom stereocenters. The maximum Gasteiger partial charge on any atom is 0.416 e. The van der Waals surface area contributed by atoms with Gasteiger partial charge in [0, 0.05) is 18.7 Å². The Morgan fingerprint density at radius 3 is 2.50 bits per heavy atom. The summed E-state index contributed by atoms with van der Waals surface area (Å²) in [4.78, 5) is 13.8. The van der Waals surface area contributed by atoms with Crippen molar-refractivity contribution in [3.63, 3.8) is 0 Å². The molecule has 1 aliphatic heterocycles. The highest BCUT2D eigenvalue weighted by Crippen LogP contribution is 2.33. The van der Waals surface area contributed by atoms with Crippen LogP contribution in [0.5, 0.6) is 0 Å². The number of amides is 1. The lowest BCUT2D eigenvalue weighted by molar-refractivity contribution is -0.137. The third kappa shape index (κ3) is 3.01. The molecule has 3 nitrogen and oxygen atoms in total.